The number of hydrogen-bond acceptors (Lipinski definition) is 3. The number of halogens is 3. The molecule has 0 radical (unpaired) electrons. The van der Waals surface area contributed by atoms with Gasteiger partial charge in [0.15, 0.2) is 0 Å². The Balaban J connectivity index is 3.24. The van der Waals surface area contributed by atoms with Gasteiger partial charge in [-0.2, -0.15) is 13.2 Å². The first-order valence-electron chi connectivity index (χ1n) is 5.30. The van der Waals surface area contributed by atoms with Crippen molar-refractivity contribution < 1.29 is 22.7 Å². The van der Waals surface area contributed by atoms with Crippen LogP contribution in [0.25, 0.3) is 0 Å². The molecule has 0 spiro atoms. The van der Waals surface area contributed by atoms with Crippen LogP contribution in [-0.2, 0) is 15.7 Å². The lowest BCUT2D eigenvalue weighted by molar-refractivity contribution is -0.144. The number of methoxy groups -OCH3 is 1. The molecule has 1 aromatic rings. The first-order chi connectivity index (χ1) is 8.41. The zero-order chi connectivity index (χ0) is 13.8. The largest absolute Gasteiger partial charge is 0.469 e. The van der Waals surface area contributed by atoms with Gasteiger partial charge in [0.2, 0.25) is 0 Å². The van der Waals surface area contributed by atoms with Gasteiger partial charge in [-0.1, -0.05) is 18.2 Å². The maximum Gasteiger partial charge on any atom is 0.416 e. The van der Waals surface area contributed by atoms with Gasteiger partial charge < -0.3 is 10.1 Å². The lowest BCUT2D eigenvalue weighted by Crippen LogP contribution is -2.27. The number of nitrogens with one attached hydrogen (secondary N) is 1. The van der Waals surface area contributed by atoms with Gasteiger partial charge in [-0.05, 0) is 18.7 Å². The van der Waals surface area contributed by atoms with E-state index in [-0.39, 0.29) is 12.1 Å². The molecule has 3 nitrogen and oxygen atoms in total. The number of carbonyl (C=O) groups excluding carboxylic acids is 1. The molecule has 6 heteroatoms. The topological polar surface area (TPSA) is 38.3 Å². The second kappa shape index (κ2) is 5.86. The molecule has 0 heterocycles. The van der Waals surface area contributed by atoms with Crippen LogP contribution in [0, 0.1) is 0 Å². The summed E-state index contributed by atoms with van der Waals surface area (Å²) >= 11 is 0. The number of likely N-dealkylation sites (N-methyl/N-ethyl adjacent to an activating group) is 1. The van der Waals surface area contributed by atoms with Crippen LogP contribution in [0.1, 0.15) is 17.0 Å². The molecule has 1 rings (SSSR count). The van der Waals surface area contributed by atoms with Crippen molar-refractivity contribution in [2.45, 2.75) is 12.1 Å². The lowest BCUT2D eigenvalue weighted by Gasteiger charge is -2.19. The van der Waals surface area contributed by atoms with E-state index in [1.807, 2.05) is 0 Å². The maximum absolute atomic E-state index is 12.8. The summed E-state index contributed by atoms with van der Waals surface area (Å²) < 4.78 is 43.1. The molecule has 0 fully saturated rings. The van der Waals surface area contributed by atoms with Crippen LogP contribution in [-0.4, -0.2) is 26.7 Å². The Labute approximate surface area is 103 Å². The molecule has 0 aromatic heterocycles. The number of rotatable bonds is 4. The Morgan fingerprint density at radius 1 is 1.39 bits per heavy atom. The van der Waals surface area contributed by atoms with Gasteiger partial charge >= 0.3 is 12.1 Å². The summed E-state index contributed by atoms with van der Waals surface area (Å²) in [5.74, 6) is -1.67. The third-order valence-electron chi connectivity index (χ3n) is 2.54. The lowest BCUT2D eigenvalue weighted by atomic mass is 9.93. The van der Waals surface area contributed by atoms with Gasteiger partial charge in [-0.15, -0.1) is 0 Å². The van der Waals surface area contributed by atoms with E-state index in [9.17, 15) is 18.0 Å². The number of benzene rings is 1. The molecule has 0 bridgehead atoms. The minimum atomic E-state index is -4.49. The van der Waals surface area contributed by atoms with Gasteiger partial charge in [0.1, 0.15) is 0 Å². The highest BCUT2D eigenvalue weighted by atomic mass is 19.4. The van der Waals surface area contributed by atoms with Crippen LogP contribution >= 0.6 is 0 Å². The van der Waals surface area contributed by atoms with Crippen molar-refractivity contribution in [1.29, 1.82) is 0 Å². The fourth-order valence-corrected chi connectivity index (χ4v) is 1.73. The van der Waals surface area contributed by atoms with E-state index in [2.05, 4.69) is 10.1 Å². The van der Waals surface area contributed by atoms with E-state index in [0.29, 0.717) is 0 Å². The summed E-state index contributed by atoms with van der Waals surface area (Å²) in [6.45, 7) is 0.0831. The molecule has 0 saturated carbocycles. The van der Waals surface area contributed by atoms with Crippen LogP contribution in [0.15, 0.2) is 24.3 Å². The third-order valence-corrected chi connectivity index (χ3v) is 2.54. The minimum absolute atomic E-state index is 0.0776. The van der Waals surface area contributed by atoms with Crippen molar-refractivity contribution in [3.8, 4) is 0 Å². The predicted octanol–water partition coefficient (Wildman–Crippen LogP) is 2.18. The summed E-state index contributed by atoms with van der Waals surface area (Å²) in [6.07, 6.45) is -4.49. The maximum atomic E-state index is 12.8. The van der Waals surface area contributed by atoms with Crippen molar-refractivity contribution in [1.82, 2.24) is 5.32 Å². The quantitative estimate of drug-likeness (QED) is 0.844. The first kappa shape index (κ1) is 14.5. The molecule has 18 heavy (non-hydrogen) atoms. The average molecular weight is 261 g/mol. The van der Waals surface area contributed by atoms with Crippen LogP contribution in [0.2, 0.25) is 0 Å². The van der Waals surface area contributed by atoms with Gasteiger partial charge in [0.25, 0.3) is 0 Å². The second-order valence-corrected chi connectivity index (χ2v) is 3.72. The Morgan fingerprint density at radius 2 is 2.00 bits per heavy atom. The number of carbonyl (C=O) groups is 1. The normalized spacial score (nSPS) is 13.2. The number of alkyl halides is 3. The summed E-state index contributed by atoms with van der Waals surface area (Å²) in [7, 11) is 2.72. The molecule has 1 aromatic carbocycles. The molecule has 1 atom stereocenters. The average Bonchev–Trinajstić information content (AvgIpc) is 2.34. The smallest absolute Gasteiger partial charge is 0.416 e. The zero-order valence-corrected chi connectivity index (χ0v) is 10.0. The van der Waals surface area contributed by atoms with Crippen molar-refractivity contribution >= 4 is 5.97 Å². The SMILES string of the molecule is CNCC(C(=O)OC)c1ccccc1C(F)(F)F. The van der Waals surface area contributed by atoms with Crippen molar-refractivity contribution in [3.63, 3.8) is 0 Å². The second-order valence-electron chi connectivity index (χ2n) is 3.72. The highest BCUT2D eigenvalue weighted by molar-refractivity contribution is 5.79. The summed E-state index contributed by atoms with van der Waals surface area (Å²) in [4.78, 5) is 11.6. The molecule has 0 aliphatic rings. The number of ether oxygens (including phenoxy) is 1. The van der Waals surface area contributed by atoms with Gasteiger partial charge in [-0.3, -0.25) is 4.79 Å². The molecular formula is C12H14F3NO2. The van der Waals surface area contributed by atoms with E-state index in [4.69, 9.17) is 0 Å². The van der Waals surface area contributed by atoms with E-state index >= 15 is 0 Å². The van der Waals surface area contributed by atoms with Crippen molar-refractivity contribution in [3.05, 3.63) is 35.4 Å². The molecule has 0 saturated heterocycles. The monoisotopic (exact) mass is 261 g/mol. The summed E-state index contributed by atoms with van der Waals surface area (Å²) in [5, 5.41) is 2.69. The van der Waals surface area contributed by atoms with Crippen molar-refractivity contribution in [2.24, 2.45) is 0 Å². The number of esters is 1. The fourth-order valence-electron chi connectivity index (χ4n) is 1.73. The number of hydrogen-bond donors (Lipinski definition) is 1. The summed E-state index contributed by atoms with van der Waals surface area (Å²) in [5.41, 5.74) is -0.887. The van der Waals surface area contributed by atoms with E-state index in [1.165, 1.54) is 18.2 Å². The Kier molecular flexibility index (Phi) is 4.72. The van der Waals surface area contributed by atoms with E-state index < -0.39 is 23.6 Å². The predicted molar refractivity (Wildman–Crippen MR) is 60.1 cm³/mol. The minimum Gasteiger partial charge on any atom is -0.469 e. The first-order valence-corrected chi connectivity index (χ1v) is 5.30. The van der Waals surface area contributed by atoms with E-state index in [1.54, 1.807) is 7.05 Å². The zero-order valence-electron chi connectivity index (χ0n) is 10.0. The van der Waals surface area contributed by atoms with Gasteiger partial charge in [-0.25, -0.2) is 0 Å². The summed E-state index contributed by atoms with van der Waals surface area (Å²) in [6, 6.07) is 5.01. The molecule has 1 unspecified atom stereocenters. The molecule has 0 aliphatic heterocycles. The molecule has 0 amide bonds. The molecule has 1 N–H and O–H groups in total. The fraction of sp³-hybridized carbons (Fsp3) is 0.417. The van der Waals surface area contributed by atoms with Crippen LogP contribution in [0.3, 0.4) is 0 Å². The van der Waals surface area contributed by atoms with Crippen LogP contribution in [0.4, 0.5) is 13.2 Å². The van der Waals surface area contributed by atoms with Crippen LogP contribution < -0.4 is 5.32 Å². The highest BCUT2D eigenvalue weighted by Crippen LogP contribution is 2.35. The molecule has 100 valence electrons. The highest BCUT2D eigenvalue weighted by Gasteiger charge is 2.36. The van der Waals surface area contributed by atoms with Crippen molar-refractivity contribution in [2.75, 3.05) is 20.7 Å². The Hall–Kier alpha value is -1.56. The Morgan fingerprint density at radius 3 is 2.50 bits per heavy atom. The van der Waals surface area contributed by atoms with Gasteiger partial charge in [0.05, 0.1) is 18.6 Å². The molecular weight excluding hydrogens is 247 g/mol. The molecule has 0 aliphatic carbocycles. The van der Waals surface area contributed by atoms with Gasteiger partial charge in [0, 0.05) is 6.54 Å². The third kappa shape index (κ3) is 3.22. The standard InChI is InChI=1S/C12H14F3NO2/c1-16-7-9(11(17)18-2)8-5-3-4-6-10(8)12(13,14)15/h3-6,9,16H,7H2,1-2H3. The Bertz CT molecular complexity index is 418. The van der Waals surface area contributed by atoms with Crippen LogP contribution in [0.5, 0.6) is 0 Å². The van der Waals surface area contributed by atoms with E-state index in [0.717, 1.165) is 13.2 Å².